The quantitative estimate of drug-likeness (QED) is 0.556. The highest BCUT2D eigenvalue weighted by Crippen LogP contribution is 2.17. The number of aliphatic hydroxyl groups excluding tert-OH is 1. The minimum absolute atomic E-state index is 0.112. The molecule has 0 spiro atoms. The molecule has 0 saturated heterocycles. The van der Waals surface area contributed by atoms with Crippen molar-refractivity contribution in [3.63, 3.8) is 0 Å². The van der Waals surface area contributed by atoms with E-state index in [0.29, 0.717) is 12.6 Å². The van der Waals surface area contributed by atoms with Gasteiger partial charge in [0, 0.05) is 12.6 Å². The zero-order chi connectivity index (χ0) is 20.1. The van der Waals surface area contributed by atoms with E-state index in [2.05, 4.69) is 5.32 Å². The molecule has 0 aliphatic heterocycles. The maximum absolute atomic E-state index is 13.4. The molecule has 4 N–H and O–H groups in total. The van der Waals surface area contributed by atoms with Gasteiger partial charge in [0.05, 0.1) is 0 Å². The number of hydrogen-bond acceptors (Lipinski definition) is 5. The normalized spacial score (nSPS) is 16.2. The lowest BCUT2D eigenvalue weighted by molar-refractivity contribution is -0.159. The van der Waals surface area contributed by atoms with E-state index in [1.165, 1.54) is 51.0 Å². The average Bonchev–Trinajstić information content (AvgIpc) is 2.60. The first-order valence-corrected chi connectivity index (χ1v) is 9.15. The lowest BCUT2D eigenvalue weighted by Gasteiger charge is -2.22. The number of nitrogens with one attached hydrogen (secondary N) is 1. The molecule has 8 heteroatoms. The largest absolute Gasteiger partial charge is 0.488 e. The number of carboxylic acids is 2. The molecule has 1 fully saturated rings. The molecule has 1 aliphatic carbocycles. The molecule has 1 aromatic carbocycles. The Labute approximate surface area is 158 Å². The summed E-state index contributed by atoms with van der Waals surface area (Å²) < 4.78 is 18.7. The van der Waals surface area contributed by atoms with Crippen molar-refractivity contribution >= 4 is 11.9 Å². The number of halogens is 1. The first kappa shape index (κ1) is 22.9. The van der Waals surface area contributed by atoms with Crippen LogP contribution in [0.1, 0.15) is 44.9 Å². The van der Waals surface area contributed by atoms with Crippen LogP contribution in [0.5, 0.6) is 5.75 Å². The Morgan fingerprint density at radius 3 is 2.19 bits per heavy atom. The van der Waals surface area contributed by atoms with Crippen molar-refractivity contribution in [2.75, 3.05) is 13.2 Å². The number of rotatable bonds is 6. The van der Waals surface area contributed by atoms with Gasteiger partial charge in [0.15, 0.2) is 11.6 Å². The summed E-state index contributed by atoms with van der Waals surface area (Å²) in [6.07, 6.45) is 8.26. The second-order valence-corrected chi connectivity index (χ2v) is 6.46. The van der Waals surface area contributed by atoms with Crippen LogP contribution in [0.3, 0.4) is 0 Å². The minimum Gasteiger partial charge on any atom is -0.488 e. The van der Waals surface area contributed by atoms with E-state index in [0.717, 1.165) is 0 Å². The lowest BCUT2D eigenvalue weighted by Crippen LogP contribution is -2.38. The molecule has 0 aromatic heterocycles. The Hall–Kier alpha value is -2.19. The van der Waals surface area contributed by atoms with Gasteiger partial charge in [-0.15, -0.1) is 0 Å². The maximum atomic E-state index is 13.4. The van der Waals surface area contributed by atoms with Crippen molar-refractivity contribution in [3.8, 4) is 5.75 Å². The van der Waals surface area contributed by atoms with Gasteiger partial charge in [-0.2, -0.15) is 0 Å². The number of hydrogen-bond donors (Lipinski definition) is 4. The van der Waals surface area contributed by atoms with Gasteiger partial charge >= 0.3 is 11.9 Å². The van der Waals surface area contributed by atoms with Crippen LogP contribution in [0, 0.1) is 5.82 Å². The monoisotopic (exact) mass is 385 g/mol. The van der Waals surface area contributed by atoms with Crippen LogP contribution in [-0.2, 0) is 9.59 Å². The highest BCUT2D eigenvalue weighted by atomic mass is 19.1. The SMILES string of the molecule is O=C(O)C(=O)O.OC(CNC1CCCCCCC1)COc1ccccc1F. The molecule has 7 nitrogen and oxygen atoms in total. The molecule has 0 heterocycles. The summed E-state index contributed by atoms with van der Waals surface area (Å²) in [6, 6.07) is 6.76. The third-order valence-corrected chi connectivity index (χ3v) is 4.20. The molecule has 152 valence electrons. The molecule has 2 rings (SSSR count). The summed E-state index contributed by atoms with van der Waals surface area (Å²) in [6.45, 7) is 0.611. The van der Waals surface area contributed by atoms with Crippen molar-refractivity contribution in [1.82, 2.24) is 5.32 Å². The number of para-hydroxylation sites is 1. The Morgan fingerprint density at radius 2 is 1.63 bits per heavy atom. The van der Waals surface area contributed by atoms with Crippen LogP contribution >= 0.6 is 0 Å². The maximum Gasteiger partial charge on any atom is 0.414 e. The van der Waals surface area contributed by atoms with Gasteiger partial charge in [-0.1, -0.05) is 44.2 Å². The molecule has 0 amide bonds. The van der Waals surface area contributed by atoms with E-state index in [1.807, 2.05) is 0 Å². The summed E-state index contributed by atoms with van der Waals surface area (Å²) in [7, 11) is 0. The summed E-state index contributed by atoms with van der Waals surface area (Å²) in [5, 5.41) is 28.1. The highest BCUT2D eigenvalue weighted by Gasteiger charge is 2.13. The zero-order valence-electron chi connectivity index (χ0n) is 15.3. The van der Waals surface area contributed by atoms with Crippen LogP contribution in [0.15, 0.2) is 24.3 Å². The van der Waals surface area contributed by atoms with Crippen molar-refractivity contribution in [2.45, 2.75) is 57.1 Å². The van der Waals surface area contributed by atoms with Gasteiger partial charge in [0.1, 0.15) is 12.7 Å². The van der Waals surface area contributed by atoms with Crippen LogP contribution < -0.4 is 10.1 Å². The number of carboxylic acid groups (broad SMARTS) is 2. The van der Waals surface area contributed by atoms with Gasteiger partial charge < -0.3 is 25.4 Å². The van der Waals surface area contributed by atoms with E-state index >= 15 is 0 Å². The minimum atomic E-state index is -1.82. The number of aliphatic hydroxyl groups is 1. The lowest BCUT2D eigenvalue weighted by atomic mass is 9.96. The summed E-state index contributed by atoms with van der Waals surface area (Å²) >= 11 is 0. The molecular formula is C19H28FNO6. The summed E-state index contributed by atoms with van der Waals surface area (Å²) in [4.78, 5) is 18.2. The van der Waals surface area contributed by atoms with E-state index < -0.39 is 23.9 Å². The van der Waals surface area contributed by atoms with Crippen LogP contribution in [0.4, 0.5) is 4.39 Å². The molecule has 1 saturated carbocycles. The molecule has 1 aromatic rings. The highest BCUT2D eigenvalue weighted by molar-refractivity contribution is 6.27. The number of benzene rings is 1. The van der Waals surface area contributed by atoms with Gasteiger partial charge in [0.2, 0.25) is 0 Å². The number of ether oxygens (including phenoxy) is 1. The van der Waals surface area contributed by atoms with Crippen molar-refractivity contribution < 1.29 is 34.0 Å². The molecule has 27 heavy (non-hydrogen) atoms. The predicted molar refractivity (Wildman–Crippen MR) is 97.3 cm³/mol. The van der Waals surface area contributed by atoms with Crippen LogP contribution in [0.2, 0.25) is 0 Å². The van der Waals surface area contributed by atoms with Gasteiger partial charge in [-0.05, 0) is 25.0 Å². The van der Waals surface area contributed by atoms with E-state index in [-0.39, 0.29) is 12.4 Å². The average molecular weight is 385 g/mol. The van der Waals surface area contributed by atoms with Gasteiger partial charge in [-0.3, -0.25) is 0 Å². The van der Waals surface area contributed by atoms with Gasteiger partial charge in [-0.25, -0.2) is 14.0 Å². The fraction of sp³-hybridized carbons (Fsp3) is 0.579. The van der Waals surface area contributed by atoms with Crippen LogP contribution in [-0.4, -0.2) is 52.6 Å². The fourth-order valence-corrected chi connectivity index (χ4v) is 2.77. The van der Waals surface area contributed by atoms with Crippen molar-refractivity contribution in [1.29, 1.82) is 0 Å². The molecular weight excluding hydrogens is 357 g/mol. The second-order valence-electron chi connectivity index (χ2n) is 6.46. The zero-order valence-corrected chi connectivity index (χ0v) is 15.3. The fourth-order valence-electron chi connectivity index (χ4n) is 2.77. The Morgan fingerprint density at radius 1 is 1.07 bits per heavy atom. The standard InChI is InChI=1S/C17H26FNO2.C2H2O4/c18-16-10-6-7-11-17(16)21-13-15(20)12-19-14-8-4-2-1-3-5-9-14;3-1(4)2(5)6/h6-7,10-11,14-15,19-20H,1-5,8-9,12-13H2;(H,3,4)(H,5,6). The van der Waals surface area contributed by atoms with Crippen LogP contribution in [0.25, 0.3) is 0 Å². The first-order chi connectivity index (χ1) is 12.9. The smallest absolute Gasteiger partial charge is 0.414 e. The molecule has 0 bridgehead atoms. The molecule has 0 radical (unpaired) electrons. The summed E-state index contributed by atoms with van der Waals surface area (Å²) in [5.74, 6) is -3.84. The third kappa shape index (κ3) is 10.5. The van der Waals surface area contributed by atoms with Crippen molar-refractivity contribution in [2.24, 2.45) is 0 Å². The molecule has 1 atom stereocenters. The van der Waals surface area contributed by atoms with E-state index in [1.54, 1.807) is 18.2 Å². The van der Waals surface area contributed by atoms with Crippen molar-refractivity contribution in [3.05, 3.63) is 30.1 Å². The number of carbonyl (C=O) groups is 2. The van der Waals surface area contributed by atoms with E-state index in [9.17, 15) is 9.50 Å². The Kier molecular flexibility index (Phi) is 11.0. The Balaban J connectivity index is 0.000000527. The molecule has 1 unspecified atom stereocenters. The molecule has 1 aliphatic rings. The first-order valence-electron chi connectivity index (χ1n) is 9.15. The predicted octanol–water partition coefficient (Wildman–Crippen LogP) is 2.42. The van der Waals surface area contributed by atoms with E-state index in [4.69, 9.17) is 24.5 Å². The third-order valence-electron chi connectivity index (χ3n) is 4.20. The Bertz CT molecular complexity index is 563. The second kappa shape index (κ2) is 13.1. The topological polar surface area (TPSA) is 116 Å². The number of aliphatic carboxylic acids is 2. The summed E-state index contributed by atoms with van der Waals surface area (Å²) in [5.41, 5.74) is 0. The van der Waals surface area contributed by atoms with Gasteiger partial charge in [0.25, 0.3) is 0 Å².